The minimum Gasteiger partial charge on any atom is -0.398 e. The summed E-state index contributed by atoms with van der Waals surface area (Å²) in [5.74, 6) is 0. The van der Waals surface area contributed by atoms with Crippen LogP contribution in [0.3, 0.4) is 0 Å². The van der Waals surface area contributed by atoms with Crippen molar-refractivity contribution in [2.24, 2.45) is 0 Å². The van der Waals surface area contributed by atoms with Gasteiger partial charge in [-0.3, -0.25) is 0 Å². The molecule has 5 nitrogen and oxygen atoms in total. The molecule has 8 N–H and O–H groups in total. The summed E-state index contributed by atoms with van der Waals surface area (Å²) < 4.78 is 120. The van der Waals surface area contributed by atoms with E-state index >= 15 is 0 Å². The Morgan fingerprint density at radius 1 is 0.618 bits per heavy atom. The monoisotopic (exact) mass is 501 g/mol. The van der Waals surface area contributed by atoms with E-state index in [0.717, 1.165) is 18.2 Å². The fourth-order valence-electron chi connectivity index (χ4n) is 3.73. The zero-order valence-electron chi connectivity index (χ0n) is 16.9. The van der Waals surface area contributed by atoms with Crippen LogP contribution in [-0.2, 0) is 11.2 Å². The Morgan fingerprint density at radius 3 is 1.56 bits per heavy atom. The molecule has 34 heavy (non-hydrogen) atoms. The molecule has 186 valence electrons. The second kappa shape index (κ2) is 7.18. The second-order valence-corrected chi connectivity index (χ2v) is 7.89. The predicted molar refractivity (Wildman–Crippen MR) is 106 cm³/mol. The van der Waals surface area contributed by atoms with Crippen molar-refractivity contribution in [2.45, 2.75) is 36.7 Å². The van der Waals surface area contributed by atoms with Gasteiger partial charge in [0.15, 0.2) is 5.60 Å². The molecule has 1 unspecified atom stereocenters. The lowest BCUT2D eigenvalue weighted by Gasteiger charge is -2.33. The number of nitrogens with two attached hydrogens (primary N) is 3. The number of anilines is 3. The van der Waals surface area contributed by atoms with Crippen LogP contribution in [0.2, 0.25) is 0 Å². The van der Waals surface area contributed by atoms with E-state index in [0.29, 0.717) is 19.1 Å². The van der Waals surface area contributed by atoms with Gasteiger partial charge in [-0.05, 0) is 53.4 Å². The molecule has 0 saturated carbocycles. The molecule has 1 atom stereocenters. The lowest BCUT2D eigenvalue weighted by molar-refractivity contribution is -0.375. The van der Waals surface area contributed by atoms with Crippen molar-refractivity contribution in [1.29, 1.82) is 0 Å². The summed E-state index contributed by atoms with van der Waals surface area (Å²) in [5, 5.41) is 19.2. The summed E-state index contributed by atoms with van der Waals surface area (Å²) in [4.78, 5) is 0. The van der Waals surface area contributed by atoms with Gasteiger partial charge in [0.2, 0.25) is 0 Å². The molecule has 0 aromatic heterocycles. The van der Waals surface area contributed by atoms with E-state index in [9.17, 15) is 49.7 Å². The molecule has 0 heterocycles. The fourth-order valence-corrected chi connectivity index (χ4v) is 3.73. The van der Waals surface area contributed by atoms with Gasteiger partial charge in [-0.1, -0.05) is 0 Å². The lowest BCUT2D eigenvalue weighted by Crippen LogP contribution is -2.54. The Morgan fingerprint density at radius 2 is 1.09 bits per heavy atom. The van der Waals surface area contributed by atoms with Crippen LogP contribution >= 0.6 is 0 Å². The number of halogens is 9. The van der Waals surface area contributed by atoms with Gasteiger partial charge < -0.3 is 27.4 Å². The largest absolute Gasteiger partial charge is 0.430 e. The Kier molecular flexibility index (Phi) is 5.39. The zero-order chi connectivity index (χ0) is 26.2. The smallest absolute Gasteiger partial charge is 0.398 e. The Labute approximate surface area is 184 Å². The number of rotatable bonds is 2. The minimum absolute atomic E-state index is 0.0532. The highest BCUT2D eigenvalue weighted by Gasteiger charge is 2.72. The van der Waals surface area contributed by atoms with Gasteiger partial charge in [-0.15, -0.1) is 0 Å². The van der Waals surface area contributed by atoms with Crippen LogP contribution in [0, 0.1) is 0 Å². The van der Waals surface area contributed by atoms with Crippen molar-refractivity contribution in [3.8, 4) is 0 Å². The quantitative estimate of drug-likeness (QED) is 0.196. The summed E-state index contributed by atoms with van der Waals surface area (Å²) in [6.45, 7) is 0.418. The first-order chi connectivity index (χ1) is 15.1. The van der Waals surface area contributed by atoms with Crippen LogP contribution < -0.4 is 17.2 Å². The number of alkyl halides is 9. The molecule has 0 aliphatic rings. The number of hydrogen-bond acceptors (Lipinski definition) is 5. The van der Waals surface area contributed by atoms with Crippen molar-refractivity contribution in [3.63, 3.8) is 0 Å². The van der Waals surface area contributed by atoms with E-state index in [2.05, 4.69) is 0 Å². The van der Waals surface area contributed by atoms with Crippen molar-refractivity contribution in [2.75, 3.05) is 17.2 Å². The maximum absolute atomic E-state index is 13.3. The molecule has 0 fully saturated rings. The third kappa shape index (κ3) is 3.52. The maximum Gasteiger partial charge on any atom is 0.430 e. The number of fused-ring (bicyclic) bond motifs is 2. The first kappa shape index (κ1) is 25.5. The summed E-state index contributed by atoms with van der Waals surface area (Å²) >= 11 is 0. The third-order valence-electron chi connectivity index (χ3n) is 5.59. The van der Waals surface area contributed by atoms with E-state index in [-0.39, 0.29) is 21.5 Å². The van der Waals surface area contributed by atoms with E-state index in [1.165, 1.54) is 0 Å². The SMILES string of the molecule is CC(O)(c1c(N)cc2cc3cc(C(O)(C(F)(F)F)C(F)(F)F)c(N)cc3cc2c1N)C(F)(F)F. The number of nitrogen functional groups attached to an aromatic ring is 3. The van der Waals surface area contributed by atoms with Crippen molar-refractivity contribution in [3.05, 3.63) is 41.5 Å². The molecule has 3 aromatic carbocycles. The van der Waals surface area contributed by atoms with Gasteiger partial charge in [-0.2, -0.15) is 39.5 Å². The van der Waals surface area contributed by atoms with Crippen LogP contribution in [-0.4, -0.2) is 28.7 Å². The Hall–Kier alpha value is -3.13. The standard InChI is InChI=1S/C20H16F9N3O2/c1-16(33,18(21,22)23)14-13(31)6-9-2-7-4-11(17(34,19(24,25)26)20(27,28)29)12(30)5-8(7)3-10(9)15(14)32/h2-6,33-34H,30-32H2,1H3. The summed E-state index contributed by atoms with van der Waals surface area (Å²) in [6.07, 6.45) is -17.5. The third-order valence-corrected chi connectivity index (χ3v) is 5.59. The zero-order valence-corrected chi connectivity index (χ0v) is 16.9. The van der Waals surface area contributed by atoms with E-state index < -0.39 is 57.9 Å². The van der Waals surface area contributed by atoms with Crippen LogP contribution in [0.4, 0.5) is 56.6 Å². The summed E-state index contributed by atoms with van der Waals surface area (Å²) in [7, 11) is 0. The average molecular weight is 501 g/mol. The second-order valence-electron chi connectivity index (χ2n) is 7.89. The van der Waals surface area contributed by atoms with Gasteiger partial charge in [0.05, 0.1) is 0 Å². The average Bonchev–Trinajstić information content (AvgIpc) is 2.63. The first-order valence-electron chi connectivity index (χ1n) is 9.15. The number of benzene rings is 3. The van der Waals surface area contributed by atoms with Gasteiger partial charge >= 0.3 is 18.5 Å². The van der Waals surface area contributed by atoms with Crippen LogP contribution in [0.5, 0.6) is 0 Å². The molecule has 14 heteroatoms. The highest BCUT2D eigenvalue weighted by atomic mass is 19.4. The molecule has 0 bridgehead atoms. The van der Waals surface area contributed by atoms with E-state index in [4.69, 9.17) is 17.2 Å². The molecule has 0 aliphatic carbocycles. The normalized spacial score (nSPS) is 15.6. The van der Waals surface area contributed by atoms with Crippen LogP contribution in [0.25, 0.3) is 21.5 Å². The molecule has 0 radical (unpaired) electrons. The Balaban J connectivity index is 2.38. The molecule has 3 rings (SSSR count). The van der Waals surface area contributed by atoms with E-state index in [1.807, 2.05) is 0 Å². The highest BCUT2D eigenvalue weighted by Crippen LogP contribution is 2.52. The van der Waals surface area contributed by atoms with Gasteiger partial charge in [0, 0.05) is 33.6 Å². The topological polar surface area (TPSA) is 119 Å². The highest BCUT2D eigenvalue weighted by molar-refractivity contribution is 6.07. The molecular formula is C20H16F9N3O2. The van der Waals surface area contributed by atoms with Gasteiger partial charge in [0.25, 0.3) is 5.60 Å². The Bertz CT molecular complexity index is 1280. The fraction of sp³-hybridized carbons (Fsp3) is 0.300. The van der Waals surface area contributed by atoms with Crippen molar-refractivity contribution >= 4 is 38.6 Å². The number of aliphatic hydroxyl groups is 2. The summed E-state index contributed by atoms with van der Waals surface area (Å²) in [5.41, 5.74) is 3.29. The van der Waals surface area contributed by atoms with E-state index in [1.54, 1.807) is 0 Å². The minimum atomic E-state index is -6.18. The first-order valence-corrected chi connectivity index (χ1v) is 9.15. The molecule has 0 amide bonds. The van der Waals surface area contributed by atoms with Crippen molar-refractivity contribution < 1.29 is 49.7 Å². The molecule has 0 saturated heterocycles. The molecule has 0 aliphatic heterocycles. The van der Waals surface area contributed by atoms with Crippen LogP contribution in [0.15, 0.2) is 30.3 Å². The predicted octanol–water partition coefficient (Wildman–Crippen LogP) is 4.82. The maximum atomic E-state index is 13.3. The number of hydrogen-bond donors (Lipinski definition) is 5. The van der Waals surface area contributed by atoms with Gasteiger partial charge in [-0.25, -0.2) is 0 Å². The summed E-state index contributed by atoms with van der Waals surface area (Å²) in [6, 6.07) is 4.06. The molecular weight excluding hydrogens is 485 g/mol. The molecule has 3 aromatic rings. The van der Waals surface area contributed by atoms with Crippen LogP contribution in [0.1, 0.15) is 18.1 Å². The van der Waals surface area contributed by atoms with Gasteiger partial charge in [0.1, 0.15) is 0 Å². The van der Waals surface area contributed by atoms with Crippen molar-refractivity contribution in [1.82, 2.24) is 0 Å². The lowest BCUT2D eigenvalue weighted by atomic mass is 9.86. The molecule has 0 spiro atoms.